The molecule has 27 heavy (non-hydrogen) atoms. The molecule has 1 atom stereocenters. The Balaban J connectivity index is 2.60. The predicted octanol–water partition coefficient (Wildman–Crippen LogP) is 2.42. The Hall–Kier alpha value is -2.08. The molecule has 0 radical (unpaired) electrons. The topological polar surface area (TPSA) is 60.0 Å². The van der Waals surface area contributed by atoms with Crippen molar-refractivity contribution in [3.8, 4) is 0 Å². The number of hydrogen-bond acceptors (Lipinski definition) is 3. The van der Waals surface area contributed by atoms with Gasteiger partial charge >= 0.3 is 0 Å². The molecule has 1 rings (SSSR count). The maximum atomic E-state index is 12.0. The molecule has 6 heteroatoms. The summed E-state index contributed by atoms with van der Waals surface area (Å²) in [5.74, 6) is 1.47. The first kappa shape index (κ1) is 23.0. The fraction of sp³-hybridized carbons (Fsp3) is 0.619. The lowest BCUT2D eigenvalue weighted by Gasteiger charge is -2.32. The molecule has 0 aromatic heterocycles. The van der Waals surface area contributed by atoms with E-state index in [0.717, 1.165) is 18.1 Å². The van der Waals surface area contributed by atoms with Crippen LogP contribution in [0.25, 0.3) is 0 Å². The van der Waals surface area contributed by atoms with Gasteiger partial charge in [0.25, 0.3) is 5.91 Å². The molecule has 0 saturated heterocycles. The summed E-state index contributed by atoms with van der Waals surface area (Å²) in [7, 11) is 9.58. The van der Waals surface area contributed by atoms with Gasteiger partial charge in [-0.15, -0.1) is 0 Å². The second-order valence-corrected chi connectivity index (χ2v) is 7.31. The van der Waals surface area contributed by atoms with E-state index in [-0.39, 0.29) is 5.91 Å². The van der Waals surface area contributed by atoms with Crippen molar-refractivity contribution in [2.75, 3.05) is 41.8 Å². The zero-order valence-electron chi connectivity index (χ0n) is 18.0. The van der Waals surface area contributed by atoms with E-state index < -0.39 is 0 Å². The van der Waals surface area contributed by atoms with Crippen molar-refractivity contribution >= 4 is 11.9 Å². The van der Waals surface area contributed by atoms with Crippen LogP contribution in [0, 0.1) is 5.92 Å². The molecule has 0 aliphatic rings. The van der Waals surface area contributed by atoms with Gasteiger partial charge in [0, 0.05) is 45.8 Å². The van der Waals surface area contributed by atoms with Crippen LogP contribution in [-0.4, -0.2) is 69.5 Å². The highest BCUT2D eigenvalue weighted by atomic mass is 16.2. The molecule has 0 bridgehead atoms. The third kappa shape index (κ3) is 7.21. The number of guanidine groups is 1. The summed E-state index contributed by atoms with van der Waals surface area (Å²) in [5.41, 5.74) is 1.81. The first-order valence-electron chi connectivity index (χ1n) is 9.75. The van der Waals surface area contributed by atoms with E-state index in [0.29, 0.717) is 24.1 Å². The molecule has 0 heterocycles. The van der Waals surface area contributed by atoms with E-state index in [1.807, 2.05) is 24.3 Å². The first-order chi connectivity index (χ1) is 12.8. The molecule has 0 spiro atoms. The SMILES string of the molecule is CCC(CC)C(CNC(=NC)NCc1ccc(C(=O)N(C)C)cc1)N(C)C. The minimum absolute atomic E-state index is 0.0168. The fourth-order valence-corrected chi connectivity index (χ4v) is 3.23. The van der Waals surface area contributed by atoms with Crippen LogP contribution in [0.3, 0.4) is 0 Å². The summed E-state index contributed by atoms with van der Waals surface area (Å²) in [6.07, 6.45) is 2.34. The zero-order chi connectivity index (χ0) is 20.4. The molecule has 0 aliphatic heterocycles. The summed E-state index contributed by atoms with van der Waals surface area (Å²) < 4.78 is 0. The highest BCUT2D eigenvalue weighted by Gasteiger charge is 2.20. The highest BCUT2D eigenvalue weighted by molar-refractivity contribution is 5.93. The number of carbonyl (C=O) groups excluding carboxylic acids is 1. The van der Waals surface area contributed by atoms with Crippen LogP contribution in [0.2, 0.25) is 0 Å². The molecular weight excluding hydrogens is 338 g/mol. The van der Waals surface area contributed by atoms with Crippen molar-refractivity contribution < 1.29 is 4.79 Å². The molecule has 152 valence electrons. The maximum Gasteiger partial charge on any atom is 0.253 e. The molecule has 1 aromatic carbocycles. The number of benzene rings is 1. The summed E-state index contributed by atoms with van der Waals surface area (Å²) >= 11 is 0. The Labute approximate surface area is 165 Å². The molecule has 1 unspecified atom stereocenters. The van der Waals surface area contributed by atoms with E-state index in [1.54, 1.807) is 26.0 Å². The van der Waals surface area contributed by atoms with Crippen LogP contribution in [0.15, 0.2) is 29.3 Å². The van der Waals surface area contributed by atoms with Crippen LogP contribution >= 0.6 is 0 Å². The van der Waals surface area contributed by atoms with E-state index in [4.69, 9.17) is 0 Å². The number of amides is 1. The molecule has 2 N–H and O–H groups in total. The smallest absolute Gasteiger partial charge is 0.253 e. The monoisotopic (exact) mass is 375 g/mol. The Kier molecular flexibility index (Phi) is 9.86. The van der Waals surface area contributed by atoms with Crippen LogP contribution in [0.5, 0.6) is 0 Å². The average Bonchev–Trinajstić information content (AvgIpc) is 2.66. The highest BCUT2D eigenvalue weighted by Crippen LogP contribution is 2.16. The number of likely N-dealkylation sites (N-methyl/N-ethyl adjacent to an activating group) is 1. The van der Waals surface area contributed by atoms with Crippen molar-refractivity contribution in [3.05, 3.63) is 35.4 Å². The van der Waals surface area contributed by atoms with Gasteiger partial charge in [-0.25, -0.2) is 0 Å². The first-order valence-corrected chi connectivity index (χ1v) is 9.75. The lowest BCUT2D eigenvalue weighted by atomic mass is 9.93. The lowest BCUT2D eigenvalue weighted by molar-refractivity contribution is 0.0827. The Morgan fingerprint density at radius 3 is 2.07 bits per heavy atom. The predicted molar refractivity (Wildman–Crippen MR) is 114 cm³/mol. The number of rotatable bonds is 9. The second kappa shape index (κ2) is 11.6. The van der Waals surface area contributed by atoms with Gasteiger partial charge in [-0.2, -0.15) is 0 Å². The third-order valence-electron chi connectivity index (χ3n) is 5.03. The van der Waals surface area contributed by atoms with Gasteiger partial charge < -0.3 is 20.4 Å². The molecule has 1 amide bonds. The molecule has 0 aliphatic carbocycles. The van der Waals surface area contributed by atoms with E-state index >= 15 is 0 Å². The molecule has 0 fully saturated rings. The van der Waals surface area contributed by atoms with Crippen LogP contribution in [-0.2, 0) is 6.54 Å². The summed E-state index contributed by atoms with van der Waals surface area (Å²) in [5, 5.41) is 6.80. The van der Waals surface area contributed by atoms with Gasteiger partial charge in [-0.05, 0) is 37.7 Å². The Bertz CT molecular complexity index is 591. The fourth-order valence-electron chi connectivity index (χ4n) is 3.23. The normalized spacial score (nSPS) is 13.0. The largest absolute Gasteiger partial charge is 0.355 e. The van der Waals surface area contributed by atoms with E-state index in [1.165, 1.54) is 12.8 Å². The standard InChI is InChI=1S/C21H37N5O/c1-8-17(9-2)19(25(4)5)15-24-21(22-3)23-14-16-10-12-18(13-11-16)20(27)26(6)7/h10-13,17,19H,8-9,14-15H2,1-7H3,(H2,22,23,24). The number of nitrogens with one attached hydrogen (secondary N) is 2. The van der Waals surface area contributed by atoms with E-state index in [2.05, 4.69) is 48.5 Å². The van der Waals surface area contributed by atoms with Crippen molar-refractivity contribution in [2.24, 2.45) is 10.9 Å². The summed E-state index contributed by atoms with van der Waals surface area (Å²) in [6.45, 7) is 6.02. The number of nitrogens with zero attached hydrogens (tertiary/aromatic N) is 3. The third-order valence-corrected chi connectivity index (χ3v) is 5.03. The van der Waals surface area contributed by atoms with Crippen LogP contribution in [0.1, 0.15) is 42.6 Å². The van der Waals surface area contributed by atoms with E-state index in [9.17, 15) is 4.79 Å². The lowest BCUT2D eigenvalue weighted by Crippen LogP contribution is -2.47. The van der Waals surface area contributed by atoms with Gasteiger partial charge in [-0.1, -0.05) is 38.8 Å². The number of aliphatic imine (C=N–C) groups is 1. The molecule has 1 aromatic rings. The maximum absolute atomic E-state index is 12.0. The minimum Gasteiger partial charge on any atom is -0.355 e. The van der Waals surface area contributed by atoms with Gasteiger partial charge in [0.15, 0.2) is 5.96 Å². The number of hydrogen-bond donors (Lipinski definition) is 2. The van der Waals surface area contributed by atoms with Crippen molar-refractivity contribution in [1.29, 1.82) is 0 Å². The molecule has 6 nitrogen and oxygen atoms in total. The van der Waals surface area contributed by atoms with Crippen molar-refractivity contribution in [1.82, 2.24) is 20.4 Å². The summed E-state index contributed by atoms with van der Waals surface area (Å²) in [4.78, 5) is 20.2. The Morgan fingerprint density at radius 2 is 1.63 bits per heavy atom. The molecule has 0 saturated carbocycles. The summed E-state index contributed by atoms with van der Waals surface area (Å²) in [6, 6.07) is 8.15. The van der Waals surface area contributed by atoms with Crippen molar-refractivity contribution in [3.63, 3.8) is 0 Å². The number of carbonyl (C=O) groups is 1. The molecular formula is C21H37N5O. The quantitative estimate of drug-likeness (QED) is 0.514. The second-order valence-electron chi connectivity index (χ2n) is 7.31. The average molecular weight is 376 g/mol. The van der Waals surface area contributed by atoms with Crippen LogP contribution in [0.4, 0.5) is 0 Å². The zero-order valence-corrected chi connectivity index (χ0v) is 18.0. The minimum atomic E-state index is 0.0168. The van der Waals surface area contributed by atoms with Gasteiger partial charge in [0.05, 0.1) is 0 Å². The van der Waals surface area contributed by atoms with Crippen molar-refractivity contribution in [2.45, 2.75) is 39.3 Å². The van der Waals surface area contributed by atoms with Gasteiger partial charge in [-0.3, -0.25) is 9.79 Å². The van der Waals surface area contributed by atoms with Gasteiger partial charge in [0.1, 0.15) is 0 Å². The Morgan fingerprint density at radius 1 is 1.04 bits per heavy atom. The van der Waals surface area contributed by atoms with Gasteiger partial charge in [0.2, 0.25) is 0 Å². The van der Waals surface area contributed by atoms with Crippen LogP contribution < -0.4 is 10.6 Å².